The minimum atomic E-state index is -0.498. The zero-order valence-corrected chi connectivity index (χ0v) is 9.91. The molecule has 0 aliphatic rings. The lowest BCUT2D eigenvalue weighted by Crippen LogP contribution is -2.27. The number of nitrogens with two attached hydrogens (primary N) is 1. The monoisotopic (exact) mass is 222 g/mol. The van der Waals surface area contributed by atoms with Crippen LogP contribution in [0.2, 0.25) is 0 Å². The van der Waals surface area contributed by atoms with Crippen molar-refractivity contribution in [2.45, 2.75) is 32.9 Å². The van der Waals surface area contributed by atoms with Crippen LogP contribution < -0.4 is 11.1 Å². The second-order valence-corrected chi connectivity index (χ2v) is 4.49. The summed E-state index contributed by atoms with van der Waals surface area (Å²) in [6.07, 6.45) is -0.464. The molecule has 0 aromatic heterocycles. The molecule has 1 rings (SSSR count). The highest BCUT2D eigenvalue weighted by Gasteiger charge is 2.16. The van der Waals surface area contributed by atoms with Gasteiger partial charge in [-0.25, -0.2) is 4.79 Å². The lowest BCUT2D eigenvalue weighted by atomic mass is 10.2. The van der Waals surface area contributed by atoms with Crippen LogP contribution in [0.4, 0.5) is 10.5 Å². The SMILES string of the molecule is CC(C)(C)OC(=O)Nc1ccccc1CN. The number of hydrogen-bond acceptors (Lipinski definition) is 3. The summed E-state index contributed by atoms with van der Waals surface area (Å²) in [4.78, 5) is 11.5. The Morgan fingerprint density at radius 3 is 2.56 bits per heavy atom. The molecule has 0 aliphatic heterocycles. The van der Waals surface area contributed by atoms with Crippen molar-refractivity contribution in [1.29, 1.82) is 0 Å². The Hall–Kier alpha value is -1.55. The van der Waals surface area contributed by atoms with E-state index >= 15 is 0 Å². The Balaban J connectivity index is 2.70. The van der Waals surface area contributed by atoms with Crippen LogP contribution in [-0.4, -0.2) is 11.7 Å². The van der Waals surface area contributed by atoms with Crippen molar-refractivity contribution < 1.29 is 9.53 Å². The lowest BCUT2D eigenvalue weighted by Gasteiger charge is -2.20. The van der Waals surface area contributed by atoms with Crippen LogP contribution in [0.25, 0.3) is 0 Å². The fourth-order valence-corrected chi connectivity index (χ4v) is 1.23. The van der Waals surface area contributed by atoms with Gasteiger partial charge >= 0.3 is 6.09 Å². The van der Waals surface area contributed by atoms with Crippen molar-refractivity contribution >= 4 is 11.8 Å². The fraction of sp³-hybridized carbons (Fsp3) is 0.417. The van der Waals surface area contributed by atoms with E-state index in [1.807, 2.05) is 39.0 Å². The van der Waals surface area contributed by atoms with E-state index in [1.165, 1.54) is 0 Å². The minimum absolute atomic E-state index is 0.381. The molecule has 0 saturated carbocycles. The first kappa shape index (κ1) is 12.5. The summed E-state index contributed by atoms with van der Waals surface area (Å²) in [6.45, 7) is 5.84. The molecule has 88 valence electrons. The standard InChI is InChI=1S/C12H18N2O2/c1-12(2,3)16-11(15)14-10-7-5-4-6-9(10)8-13/h4-7H,8,13H2,1-3H3,(H,14,15). The van der Waals surface area contributed by atoms with Crippen LogP contribution in [-0.2, 0) is 11.3 Å². The Bertz CT molecular complexity index is 370. The maximum atomic E-state index is 11.5. The lowest BCUT2D eigenvalue weighted by molar-refractivity contribution is 0.0636. The van der Waals surface area contributed by atoms with Gasteiger partial charge in [0.25, 0.3) is 0 Å². The molecule has 4 heteroatoms. The Labute approximate surface area is 95.8 Å². The predicted molar refractivity (Wildman–Crippen MR) is 64.2 cm³/mol. The second-order valence-electron chi connectivity index (χ2n) is 4.49. The number of hydrogen-bond donors (Lipinski definition) is 2. The third-order valence-corrected chi connectivity index (χ3v) is 1.87. The molecule has 0 fully saturated rings. The summed E-state index contributed by atoms with van der Waals surface area (Å²) in [7, 11) is 0. The van der Waals surface area contributed by atoms with Crippen molar-refractivity contribution in [2.75, 3.05) is 5.32 Å². The van der Waals surface area contributed by atoms with Gasteiger partial charge in [0.2, 0.25) is 0 Å². The fourth-order valence-electron chi connectivity index (χ4n) is 1.23. The number of anilines is 1. The molecule has 3 N–H and O–H groups in total. The van der Waals surface area contributed by atoms with Crippen molar-refractivity contribution in [1.82, 2.24) is 0 Å². The Morgan fingerprint density at radius 1 is 1.38 bits per heavy atom. The molecule has 0 saturated heterocycles. The van der Waals surface area contributed by atoms with E-state index in [0.29, 0.717) is 12.2 Å². The van der Waals surface area contributed by atoms with Crippen LogP contribution in [0.5, 0.6) is 0 Å². The summed E-state index contributed by atoms with van der Waals surface area (Å²) < 4.78 is 5.15. The van der Waals surface area contributed by atoms with Crippen molar-refractivity contribution in [3.8, 4) is 0 Å². The predicted octanol–water partition coefficient (Wildman–Crippen LogP) is 2.49. The van der Waals surface area contributed by atoms with E-state index in [2.05, 4.69) is 5.32 Å². The van der Waals surface area contributed by atoms with Crippen LogP contribution in [0.15, 0.2) is 24.3 Å². The van der Waals surface area contributed by atoms with Crippen molar-refractivity contribution in [3.63, 3.8) is 0 Å². The van der Waals surface area contributed by atoms with Gasteiger partial charge in [0, 0.05) is 12.2 Å². The number of carbonyl (C=O) groups excluding carboxylic acids is 1. The van der Waals surface area contributed by atoms with Gasteiger partial charge in [-0.1, -0.05) is 18.2 Å². The zero-order valence-electron chi connectivity index (χ0n) is 9.91. The quantitative estimate of drug-likeness (QED) is 0.808. The summed E-state index contributed by atoms with van der Waals surface area (Å²) in [5.74, 6) is 0. The third kappa shape index (κ3) is 3.90. The molecule has 0 heterocycles. The molecule has 1 amide bonds. The highest BCUT2D eigenvalue weighted by atomic mass is 16.6. The number of benzene rings is 1. The normalized spacial score (nSPS) is 11.0. The van der Waals surface area contributed by atoms with Crippen LogP contribution in [0, 0.1) is 0 Å². The first-order valence-corrected chi connectivity index (χ1v) is 5.20. The molecule has 0 aliphatic carbocycles. The average molecular weight is 222 g/mol. The second kappa shape index (κ2) is 4.99. The number of ether oxygens (including phenoxy) is 1. The van der Waals surface area contributed by atoms with Gasteiger partial charge < -0.3 is 10.5 Å². The molecule has 1 aromatic carbocycles. The van der Waals surface area contributed by atoms with Crippen molar-refractivity contribution in [3.05, 3.63) is 29.8 Å². The van der Waals surface area contributed by atoms with E-state index in [9.17, 15) is 4.79 Å². The molecule has 0 bridgehead atoms. The van der Waals surface area contributed by atoms with Gasteiger partial charge in [0.15, 0.2) is 0 Å². The molecule has 0 radical (unpaired) electrons. The van der Waals surface area contributed by atoms with Gasteiger partial charge in [-0.2, -0.15) is 0 Å². The molecule has 0 spiro atoms. The third-order valence-electron chi connectivity index (χ3n) is 1.87. The summed E-state index contributed by atoms with van der Waals surface area (Å²) in [5.41, 5.74) is 6.64. The highest BCUT2D eigenvalue weighted by Crippen LogP contribution is 2.16. The summed E-state index contributed by atoms with van der Waals surface area (Å²) in [6, 6.07) is 7.38. The molecular formula is C12H18N2O2. The first-order valence-electron chi connectivity index (χ1n) is 5.20. The van der Waals surface area contributed by atoms with Gasteiger partial charge in [-0.3, -0.25) is 5.32 Å². The van der Waals surface area contributed by atoms with Gasteiger partial charge in [-0.05, 0) is 32.4 Å². The Morgan fingerprint density at radius 2 is 2.00 bits per heavy atom. The van der Waals surface area contributed by atoms with E-state index in [1.54, 1.807) is 6.07 Å². The topological polar surface area (TPSA) is 64.3 Å². The number of para-hydroxylation sites is 1. The van der Waals surface area contributed by atoms with Gasteiger partial charge in [-0.15, -0.1) is 0 Å². The Kier molecular flexibility index (Phi) is 3.90. The van der Waals surface area contributed by atoms with E-state index < -0.39 is 11.7 Å². The number of rotatable bonds is 2. The highest BCUT2D eigenvalue weighted by molar-refractivity contribution is 5.85. The zero-order chi connectivity index (χ0) is 12.2. The molecule has 16 heavy (non-hydrogen) atoms. The molecule has 1 aromatic rings. The maximum absolute atomic E-state index is 11.5. The summed E-state index contributed by atoms with van der Waals surface area (Å²) in [5, 5.41) is 2.68. The average Bonchev–Trinajstić information content (AvgIpc) is 2.15. The maximum Gasteiger partial charge on any atom is 0.412 e. The van der Waals surface area contributed by atoms with E-state index in [4.69, 9.17) is 10.5 Å². The van der Waals surface area contributed by atoms with Gasteiger partial charge in [0.05, 0.1) is 0 Å². The van der Waals surface area contributed by atoms with Gasteiger partial charge in [0.1, 0.15) is 5.60 Å². The van der Waals surface area contributed by atoms with Crippen LogP contribution >= 0.6 is 0 Å². The smallest absolute Gasteiger partial charge is 0.412 e. The number of nitrogens with one attached hydrogen (secondary N) is 1. The molecular weight excluding hydrogens is 204 g/mol. The van der Waals surface area contributed by atoms with E-state index in [-0.39, 0.29) is 0 Å². The molecule has 0 unspecified atom stereocenters. The molecule has 0 atom stereocenters. The number of carbonyl (C=O) groups is 1. The molecule has 4 nitrogen and oxygen atoms in total. The van der Waals surface area contributed by atoms with Crippen LogP contribution in [0.1, 0.15) is 26.3 Å². The minimum Gasteiger partial charge on any atom is -0.444 e. The van der Waals surface area contributed by atoms with Crippen molar-refractivity contribution in [2.24, 2.45) is 5.73 Å². The summed E-state index contributed by atoms with van der Waals surface area (Å²) >= 11 is 0. The van der Waals surface area contributed by atoms with Crippen LogP contribution in [0.3, 0.4) is 0 Å². The largest absolute Gasteiger partial charge is 0.444 e. The first-order chi connectivity index (χ1) is 7.42. The number of amides is 1. The van der Waals surface area contributed by atoms with E-state index in [0.717, 1.165) is 5.56 Å².